The second-order valence-electron chi connectivity index (χ2n) is 3.74. The van der Waals surface area contributed by atoms with Gasteiger partial charge >= 0.3 is 0 Å². The number of nitrogens with zero attached hydrogens (tertiary/aromatic N) is 1. The number of rotatable bonds is 2. The summed E-state index contributed by atoms with van der Waals surface area (Å²) in [5.41, 5.74) is -1.04. The first-order chi connectivity index (χ1) is 5.54. The molecule has 0 bridgehead atoms. The highest BCUT2D eigenvalue weighted by Gasteiger charge is 2.40. The van der Waals surface area contributed by atoms with Crippen molar-refractivity contribution in [2.24, 2.45) is 5.92 Å². The molecule has 1 aliphatic rings. The van der Waals surface area contributed by atoms with E-state index in [9.17, 15) is 15.2 Å². The van der Waals surface area contributed by atoms with Crippen LogP contribution in [0.3, 0.4) is 0 Å². The molecule has 12 heavy (non-hydrogen) atoms. The molecule has 0 saturated heterocycles. The van der Waals surface area contributed by atoms with Crippen molar-refractivity contribution in [2.45, 2.75) is 38.2 Å². The Labute approximate surface area is 71.7 Å². The Balaban J connectivity index is 2.59. The summed E-state index contributed by atoms with van der Waals surface area (Å²) < 4.78 is 0. The molecule has 0 spiro atoms. The van der Waals surface area contributed by atoms with E-state index in [4.69, 9.17) is 0 Å². The van der Waals surface area contributed by atoms with Gasteiger partial charge in [-0.25, -0.2) is 0 Å². The number of aliphatic hydroxyl groups is 1. The minimum Gasteiger partial charge on any atom is -0.383 e. The molecule has 1 fully saturated rings. The van der Waals surface area contributed by atoms with Gasteiger partial charge in [0.15, 0.2) is 0 Å². The SMILES string of the molecule is C[C@@H]1CCCC[C@@]1(O)C[N+](=O)[O-]. The van der Waals surface area contributed by atoms with Gasteiger partial charge in [-0.3, -0.25) is 10.1 Å². The van der Waals surface area contributed by atoms with Crippen molar-refractivity contribution in [3.05, 3.63) is 10.1 Å². The Bertz CT molecular complexity index is 183. The van der Waals surface area contributed by atoms with Crippen LogP contribution in [0.2, 0.25) is 0 Å². The van der Waals surface area contributed by atoms with Crippen LogP contribution in [0.1, 0.15) is 32.6 Å². The predicted molar refractivity (Wildman–Crippen MR) is 44.4 cm³/mol. The average molecular weight is 173 g/mol. The fourth-order valence-corrected chi connectivity index (χ4v) is 1.86. The smallest absolute Gasteiger partial charge is 0.232 e. The molecule has 1 aliphatic carbocycles. The predicted octanol–water partition coefficient (Wildman–Crippen LogP) is 1.20. The summed E-state index contributed by atoms with van der Waals surface area (Å²) in [7, 11) is 0. The molecular formula is C8H15NO3. The van der Waals surface area contributed by atoms with Crippen LogP contribution in [0.25, 0.3) is 0 Å². The van der Waals surface area contributed by atoms with Gasteiger partial charge in [-0.05, 0) is 18.8 Å². The van der Waals surface area contributed by atoms with E-state index >= 15 is 0 Å². The third-order valence-corrected chi connectivity index (χ3v) is 2.82. The van der Waals surface area contributed by atoms with Crippen molar-refractivity contribution in [3.63, 3.8) is 0 Å². The summed E-state index contributed by atoms with van der Waals surface area (Å²) in [4.78, 5) is 9.85. The van der Waals surface area contributed by atoms with E-state index in [1.54, 1.807) is 0 Å². The molecule has 0 aromatic rings. The lowest BCUT2D eigenvalue weighted by molar-refractivity contribution is -0.504. The maximum absolute atomic E-state index is 10.3. The van der Waals surface area contributed by atoms with Crippen LogP contribution < -0.4 is 0 Å². The summed E-state index contributed by atoms with van der Waals surface area (Å²) in [6, 6.07) is 0. The van der Waals surface area contributed by atoms with Gasteiger partial charge < -0.3 is 5.11 Å². The zero-order valence-electron chi connectivity index (χ0n) is 7.32. The van der Waals surface area contributed by atoms with Crippen LogP contribution in [0.5, 0.6) is 0 Å². The van der Waals surface area contributed by atoms with Gasteiger partial charge in [-0.1, -0.05) is 19.8 Å². The molecule has 0 aromatic heterocycles. The highest BCUT2D eigenvalue weighted by Crippen LogP contribution is 2.33. The Kier molecular flexibility index (Phi) is 2.67. The van der Waals surface area contributed by atoms with Crippen LogP contribution in [-0.2, 0) is 0 Å². The Morgan fingerprint density at radius 2 is 2.33 bits per heavy atom. The number of hydrogen-bond acceptors (Lipinski definition) is 3. The minimum atomic E-state index is -1.04. The van der Waals surface area contributed by atoms with Gasteiger partial charge in [0.05, 0.1) is 0 Å². The van der Waals surface area contributed by atoms with E-state index in [1.165, 1.54) is 0 Å². The van der Waals surface area contributed by atoms with Gasteiger partial charge in [-0.15, -0.1) is 0 Å². The standard InChI is InChI=1S/C8H15NO3/c1-7-4-2-3-5-8(7,10)6-9(11)12/h7,10H,2-6H2,1H3/t7-,8-/m1/s1. The van der Waals surface area contributed by atoms with Crippen molar-refractivity contribution >= 4 is 0 Å². The van der Waals surface area contributed by atoms with Crippen molar-refractivity contribution < 1.29 is 10.0 Å². The third kappa shape index (κ3) is 1.94. The van der Waals surface area contributed by atoms with Crippen LogP contribution in [-0.4, -0.2) is 22.2 Å². The quantitative estimate of drug-likeness (QED) is 0.504. The fraction of sp³-hybridized carbons (Fsp3) is 1.00. The molecule has 0 aromatic carbocycles. The molecule has 0 amide bonds. The monoisotopic (exact) mass is 173 g/mol. The van der Waals surface area contributed by atoms with Crippen LogP contribution >= 0.6 is 0 Å². The van der Waals surface area contributed by atoms with Gasteiger partial charge in [0.25, 0.3) is 0 Å². The van der Waals surface area contributed by atoms with E-state index in [0.717, 1.165) is 19.3 Å². The second kappa shape index (κ2) is 3.39. The molecule has 70 valence electrons. The van der Waals surface area contributed by atoms with Crippen LogP contribution in [0.15, 0.2) is 0 Å². The Hall–Kier alpha value is -0.640. The van der Waals surface area contributed by atoms with Gasteiger partial charge in [0.2, 0.25) is 6.54 Å². The van der Waals surface area contributed by atoms with Crippen molar-refractivity contribution in [1.29, 1.82) is 0 Å². The normalized spacial score (nSPS) is 36.3. The second-order valence-corrected chi connectivity index (χ2v) is 3.74. The first-order valence-electron chi connectivity index (χ1n) is 4.39. The lowest BCUT2D eigenvalue weighted by atomic mass is 9.76. The lowest BCUT2D eigenvalue weighted by Gasteiger charge is -2.34. The summed E-state index contributed by atoms with van der Waals surface area (Å²) in [6.45, 7) is 1.59. The number of hydrogen-bond donors (Lipinski definition) is 1. The molecule has 2 atom stereocenters. The zero-order valence-corrected chi connectivity index (χ0v) is 7.32. The van der Waals surface area contributed by atoms with E-state index < -0.39 is 10.5 Å². The molecule has 1 N–H and O–H groups in total. The third-order valence-electron chi connectivity index (χ3n) is 2.82. The molecule has 0 heterocycles. The topological polar surface area (TPSA) is 63.4 Å². The van der Waals surface area contributed by atoms with E-state index in [2.05, 4.69) is 0 Å². The van der Waals surface area contributed by atoms with Crippen molar-refractivity contribution in [1.82, 2.24) is 0 Å². The molecular weight excluding hydrogens is 158 g/mol. The summed E-state index contributed by atoms with van der Waals surface area (Å²) in [5.74, 6) is 0.0663. The summed E-state index contributed by atoms with van der Waals surface area (Å²) in [6.07, 6.45) is 3.48. The zero-order chi connectivity index (χ0) is 9.19. The molecule has 0 unspecified atom stereocenters. The Morgan fingerprint density at radius 3 is 2.83 bits per heavy atom. The Morgan fingerprint density at radius 1 is 1.67 bits per heavy atom. The van der Waals surface area contributed by atoms with Crippen molar-refractivity contribution in [2.75, 3.05) is 6.54 Å². The maximum Gasteiger partial charge on any atom is 0.232 e. The summed E-state index contributed by atoms with van der Waals surface area (Å²) in [5, 5.41) is 20.1. The molecule has 4 nitrogen and oxygen atoms in total. The minimum absolute atomic E-state index is 0.0663. The summed E-state index contributed by atoms with van der Waals surface area (Å²) >= 11 is 0. The lowest BCUT2D eigenvalue weighted by Crippen LogP contribution is -2.45. The van der Waals surface area contributed by atoms with Crippen LogP contribution in [0.4, 0.5) is 0 Å². The molecule has 4 heteroatoms. The van der Waals surface area contributed by atoms with Crippen molar-refractivity contribution in [3.8, 4) is 0 Å². The molecule has 0 radical (unpaired) electrons. The van der Waals surface area contributed by atoms with Gasteiger partial charge in [0.1, 0.15) is 5.60 Å². The highest BCUT2D eigenvalue weighted by molar-refractivity contribution is 4.87. The van der Waals surface area contributed by atoms with Gasteiger partial charge in [-0.2, -0.15) is 0 Å². The van der Waals surface area contributed by atoms with Gasteiger partial charge in [0, 0.05) is 4.92 Å². The van der Waals surface area contributed by atoms with E-state index in [-0.39, 0.29) is 12.5 Å². The molecule has 0 aliphatic heterocycles. The molecule has 1 rings (SSSR count). The molecule has 1 saturated carbocycles. The van der Waals surface area contributed by atoms with E-state index in [0.29, 0.717) is 6.42 Å². The number of nitro groups is 1. The average Bonchev–Trinajstić information content (AvgIpc) is 1.94. The van der Waals surface area contributed by atoms with E-state index in [1.807, 2.05) is 6.92 Å². The first-order valence-corrected chi connectivity index (χ1v) is 4.39. The maximum atomic E-state index is 10.3. The fourth-order valence-electron chi connectivity index (χ4n) is 1.86. The first kappa shape index (κ1) is 9.45. The largest absolute Gasteiger partial charge is 0.383 e. The van der Waals surface area contributed by atoms with Crippen LogP contribution in [0, 0.1) is 16.0 Å². The highest BCUT2D eigenvalue weighted by atomic mass is 16.6.